The standard InChI is InChI=1S/C20H27ClN2O7/c1-4-28-18-15(21)10-13(11-16(18)27-3)19(25)30-12-17(24)22-14-6-8-23(9-7-14)20(26)29-5-2/h10-11,14H,4-9,12H2,1-3H3,(H,22,24). The van der Waals surface area contributed by atoms with Crippen LogP contribution in [0.5, 0.6) is 11.5 Å². The lowest BCUT2D eigenvalue weighted by Crippen LogP contribution is -2.47. The highest BCUT2D eigenvalue weighted by Crippen LogP contribution is 2.36. The molecule has 2 amide bonds. The lowest BCUT2D eigenvalue weighted by atomic mass is 10.1. The van der Waals surface area contributed by atoms with Crippen molar-refractivity contribution in [1.29, 1.82) is 0 Å². The van der Waals surface area contributed by atoms with Gasteiger partial charge in [0.05, 0.1) is 30.9 Å². The number of rotatable bonds is 8. The molecule has 0 saturated carbocycles. The molecular weight excluding hydrogens is 416 g/mol. The highest BCUT2D eigenvalue weighted by molar-refractivity contribution is 6.32. The fourth-order valence-corrected chi connectivity index (χ4v) is 3.29. The number of esters is 1. The van der Waals surface area contributed by atoms with Gasteiger partial charge in [0.25, 0.3) is 5.91 Å². The number of nitrogens with zero attached hydrogens (tertiary/aromatic N) is 1. The minimum atomic E-state index is -0.703. The number of likely N-dealkylation sites (tertiary alicyclic amines) is 1. The van der Waals surface area contributed by atoms with Gasteiger partial charge in [-0.05, 0) is 38.8 Å². The summed E-state index contributed by atoms with van der Waals surface area (Å²) in [5, 5.41) is 3.02. The van der Waals surface area contributed by atoms with E-state index >= 15 is 0 Å². The Labute approximate surface area is 180 Å². The van der Waals surface area contributed by atoms with E-state index in [1.54, 1.807) is 18.7 Å². The molecule has 0 atom stereocenters. The van der Waals surface area contributed by atoms with Crippen LogP contribution >= 0.6 is 11.6 Å². The number of hydrogen-bond acceptors (Lipinski definition) is 7. The molecule has 166 valence electrons. The molecule has 1 aliphatic heterocycles. The molecule has 1 saturated heterocycles. The molecule has 1 aromatic rings. The normalized spacial score (nSPS) is 14.1. The van der Waals surface area contributed by atoms with Crippen LogP contribution in [0.15, 0.2) is 12.1 Å². The van der Waals surface area contributed by atoms with E-state index in [4.69, 9.17) is 30.5 Å². The molecule has 9 nitrogen and oxygen atoms in total. The first-order chi connectivity index (χ1) is 14.4. The average molecular weight is 443 g/mol. The molecule has 1 heterocycles. The number of methoxy groups -OCH3 is 1. The molecule has 30 heavy (non-hydrogen) atoms. The van der Waals surface area contributed by atoms with Crippen molar-refractivity contribution in [2.45, 2.75) is 32.7 Å². The van der Waals surface area contributed by atoms with Gasteiger partial charge >= 0.3 is 12.1 Å². The zero-order valence-corrected chi connectivity index (χ0v) is 18.1. The molecule has 0 aliphatic carbocycles. The first kappa shape index (κ1) is 23.6. The van der Waals surface area contributed by atoms with E-state index in [0.717, 1.165) is 0 Å². The Kier molecular flexibility index (Phi) is 9.04. The van der Waals surface area contributed by atoms with Gasteiger partial charge in [0.2, 0.25) is 0 Å². The van der Waals surface area contributed by atoms with E-state index in [1.807, 2.05) is 0 Å². The SMILES string of the molecule is CCOC(=O)N1CCC(NC(=O)COC(=O)c2cc(Cl)c(OCC)c(OC)c2)CC1. The zero-order chi connectivity index (χ0) is 22.1. The number of carbonyl (C=O) groups excluding carboxylic acids is 3. The van der Waals surface area contributed by atoms with Crippen LogP contribution in [0.1, 0.15) is 37.0 Å². The second-order valence-electron chi connectivity index (χ2n) is 6.53. The van der Waals surface area contributed by atoms with Crippen molar-refractivity contribution < 1.29 is 33.3 Å². The van der Waals surface area contributed by atoms with Crippen LogP contribution in [-0.4, -0.2) is 68.9 Å². The van der Waals surface area contributed by atoms with Gasteiger partial charge in [-0.3, -0.25) is 4.79 Å². The third-order valence-electron chi connectivity index (χ3n) is 4.47. The van der Waals surface area contributed by atoms with Crippen LogP contribution < -0.4 is 14.8 Å². The number of halogens is 1. The van der Waals surface area contributed by atoms with Crippen molar-refractivity contribution >= 4 is 29.6 Å². The molecule has 1 fully saturated rings. The van der Waals surface area contributed by atoms with Gasteiger partial charge in [0.1, 0.15) is 0 Å². The molecule has 1 aromatic carbocycles. The summed E-state index contributed by atoms with van der Waals surface area (Å²) in [5.41, 5.74) is 0.149. The Bertz CT molecular complexity index is 764. The van der Waals surface area contributed by atoms with Crippen molar-refractivity contribution in [3.8, 4) is 11.5 Å². The summed E-state index contributed by atoms with van der Waals surface area (Å²) in [4.78, 5) is 37.7. The summed E-state index contributed by atoms with van der Waals surface area (Å²) in [7, 11) is 1.43. The van der Waals surface area contributed by atoms with Crippen LogP contribution in [0.3, 0.4) is 0 Å². The molecule has 10 heteroatoms. The van der Waals surface area contributed by atoms with Crippen LogP contribution in [0.25, 0.3) is 0 Å². The first-order valence-corrected chi connectivity index (χ1v) is 10.2. The molecule has 0 spiro atoms. The van der Waals surface area contributed by atoms with E-state index in [9.17, 15) is 14.4 Å². The molecule has 0 bridgehead atoms. The Balaban J connectivity index is 1.83. The quantitative estimate of drug-likeness (QED) is 0.617. The predicted octanol–water partition coefficient (Wildman–Crippen LogP) is 2.64. The molecule has 2 rings (SSSR count). The van der Waals surface area contributed by atoms with E-state index < -0.39 is 18.5 Å². The summed E-state index contributed by atoms with van der Waals surface area (Å²) in [5.74, 6) is -0.480. The smallest absolute Gasteiger partial charge is 0.409 e. The summed E-state index contributed by atoms with van der Waals surface area (Å²) in [6.07, 6.45) is 0.856. The van der Waals surface area contributed by atoms with Crippen LogP contribution in [0, 0.1) is 0 Å². The molecule has 0 radical (unpaired) electrons. The van der Waals surface area contributed by atoms with Crippen molar-refractivity contribution in [2.75, 3.05) is 40.0 Å². The maximum absolute atomic E-state index is 12.3. The molecule has 1 N–H and O–H groups in total. The molecular formula is C20H27ClN2O7. The largest absolute Gasteiger partial charge is 0.493 e. The van der Waals surface area contributed by atoms with E-state index in [2.05, 4.69) is 5.32 Å². The van der Waals surface area contributed by atoms with Crippen molar-refractivity contribution in [1.82, 2.24) is 10.2 Å². The summed E-state index contributed by atoms with van der Waals surface area (Å²) < 4.78 is 20.7. The number of ether oxygens (including phenoxy) is 4. The van der Waals surface area contributed by atoms with E-state index in [1.165, 1.54) is 19.2 Å². The Morgan fingerprint density at radius 3 is 2.43 bits per heavy atom. The monoisotopic (exact) mass is 442 g/mol. The van der Waals surface area contributed by atoms with Crippen LogP contribution in [0.2, 0.25) is 5.02 Å². The highest BCUT2D eigenvalue weighted by atomic mass is 35.5. The van der Waals surface area contributed by atoms with Crippen molar-refractivity contribution in [2.24, 2.45) is 0 Å². The lowest BCUT2D eigenvalue weighted by Gasteiger charge is -2.31. The Morgan fingerprint density at radius 1 is 1.13 bits per heavy atom. The van der Waals surface area contributed by atoms with Crippen molar-refractivity contribution in [3.05, 3.63) is 22.7 Å². The number of nitrogens with one attached hydrogen (secondary N) is 1. The van der Waals surface area contributed by atoms with Crippen LogP contribution in [-0.2, 0) is 14.3 Å². The fraction of sp³-hybridized carbons (Fsp3) is 0.550. The highest BCUT2D eigenvalue weighted by Gasteiger charge is 2.25. The number of benzene rings is 1. The predicted molar refractivity (Wildman–Crippen MR) is 109 cm³/mol. The van der Waals surface area contributed by atoms with E-state index in [-0.39, 0.29) is 22.7 Å². The number of piperidine rings is 1. The van der Waals surface area contributed by atoms with Gasteiger partial charge in [0.15, 0.2) is 18.1 Å². The van der Waals surface area contributed by atoms with Gasteiger partial charge in [-0.1, -0.05) is 11.6 Å². The Morgan fingerprint density at radius 2 is 1.83 bits per heavy atom. The van der Waals surface area contributed by atoms with Gasteiger partial charge < -0.3 is 29.2 Å². The van der Waals surface area contributed by atoms with Crippen molar-refractivity contribution in [3.63, 3.8) is 0 Å². The summed E-state index contributed by atoms with van der Waals surface area (Å²) in [6, 6.07) is 2.75. The Hall–Kier alpha value is -2.68. The maximum atomic E-state index is 12.3. The second kappa shape index (κ2) is 11.5. The third-order valence-corrected chi connectivity index (χ3v) is 4.76. The average Bonchev–Trinajstić information content (AvgIpc) is 2.74. The fourth-order valence-electron chi connectivity index (χ4n) is 3.03. The van der Waals surface area contributed by atoms with Gasteiger partial charge in [-0.15, -0.1) is 0 Å². The summed E-state index contributed by atoms with van der Waals surface area (Å²) >= 11 is 6.15. The van der Waals surface area contributed by atoms with Gasteiger partial charge in [-0.2, -0.15) is 0 Å². The lowest BCUT2D eigenvalue weighted by molar-refractivity contribution is -0.125. The zero-order valence-electron chi connectivity index (χ0n) is 17.4. The number of hydrogen-bond donors (Lipinski definition) is 1. The number of amides is 2. The third kappa shape index (κ3) is 6.41. The minimum absolute atomic E-state index is 0.0955. The second-order valence-corrected chi connectivity index (χ2v) is 6.93. The molecule has 0 unspecified atom stereocenters. The molecule has 0 aromatic heterocycles. The maximum Gasteiger partial charge on any atom is 0.409 e. The summed E-state index contributed by atoms with van der Waals surface area (Å²) in [6.45, 7) is 4.83. The van der Waals surface area contributed by atoms with Gasteiger partial charge in [0, 0.05) is 19.1 Å². The molecule has 1 aliphatic rings. The van der Waals surface area contributed by atoms with Gasteiger partial charge in [-0.25, -0.2) is 9.59 Å². The number of carbonyl (C=O) groups is 3. The van der Waals surface area contributed by atoms with E-state index in [0.29, 0.717) is 50.6 Å². The topological polar surface area (TPSA) is 103 Å². The minimum Gasteiger partial charge on any atom is -0.493 e. The first-order valence-electron chi connectivity index (χ1n) is 9.78. The van der Waals surface area contributed by atoms with Crippen LogP contribution in [0.4, 0.5) is 4.79 Å².